The Hall–Kier alpha value is -0.870. The smallest absolute Gasteiger partial charge is 0.240 e. The summed E-state index contributed by atoms with van der Waals surface area (Å²) in [6, 6.07) is 6.93. The van der Waals surface area contributed by atoms with Crippen LogP contribution in [-0.2, 0) is 16.6 Å². The van der Waals surface area contributed by atoms with Crippen LogP contribution in [0.5, 0.6) is 0 Å². The number of halogens is 1. The van der Waals surface area contributed by atoms with Gasteiger partial charge in [0, 0.05) is 26.7 Å². The van der Waals surface area contributed by atoms with Gasteiger partial charge in [0.1, 0.15) is 0 Å². The minimum Gasteiger partial charge on any atom is -0.352 e. The maximum absolute atomic E-state index is 11.8. The average molecular weight is 508 g/mol. The molecule has 1 aromatic rings. The van der Waals surface area contributed by atoms with Crippen molar-refractivity contribution in [2.24, 2.45) is 16.8 Å². The Morgan fingerprint density at radius 1 is 1.26 bits per heavy atom. The van der Waals surface area contributed by atoms with Crippen LogP contribution < -0.4 is 10.0 Å². The number of aliphatic imine (C=N–C) groups is 1. The van der Waals surface area contributed by atoms with E-state index < -0.39 is 10.0 Å². The lowest BCUT2D eigenvalue weighted by Gasteiger charge is -2.24. The molecule has 2 N–H and O–H groups in total. The van der Waals surface area contributed by atoms with E-state index in [0.29, 0.717) is 6.54 Å². The lowest BCUT2D eigenvalue weighted by atomic mass is 9.87. The Bertz CT molecular complexity index is 703. The van der Waals surface area contributed by atoms with Gasteiger partial charge in [-0.05, 0) is 43.0 Å². The predicted octanol–water partition coefficient (Wildman–Crippen LogP) is 3.05. The molecule has 1 aliphatic heterocycles. The number of guanidine groups is 1. The van der Waals surface area contributed by atoms with Gasteiger partial charge in [0.15, 0.2) is 5.96 Å². The summed E-state index contributed by atoms with van der Waals surface area (Å²) in [5, 5.41) is 3.41. The van der Waals surface area contributed by atoms with Gasteiger partial charge in [-0.2, -0.15) is 0 Å². The van der Waals surface area contributed by atoms with E-state index in [1.807, 2.05) is 19.2 Å². The minimum atomic E-state index is -3.39. The standard InChI is InChI=1S/C19H32N4O2S.HI/c1-5-16(6-2)17-11-12-23(14-17)19(20-3)22-13-15-7-9-18(10-8-15)26(24,25)21-4;/h7-10,16-17,21H,5-6,11-14H2,1-4H3,(H,20,22);1H. The number of nitrogens with one attached hydrogen (secondary N) is 2. The molecule has 1 aromatic carbocycles. The summed E-state index contributed by atoms with van der Waals surface area (Å²) < 4.78 is 25.9. The zero-order valence-electron chi connectivity index (χ0n) is 16.7. The van der Waals surface area contributed by atoms with E-state index in [0.717, 1.165) is 36.4 Å². The summed E-state index contributed by atoms with van der Waals surface area (Å²) >= 11 is 0. The highest BCUT2D eigenvalue weighted by atomic mass is 127. The number of sulfonamides is 1. The fourth-order valence-corrected chi connectivity index (χ4v) is 4.47. The van der Waals surface area contributed by atoms with Crippen molar-refractivity contribution in [1.82, 2.24) is 14.9 Å². The molecule has 154 valence electrons. The third kappa shape index (κ3) is 6.32. The predicted molar refractivity (Wildman–Crippen MR) is 122 cm³/mol. The van der Waals surface area contributed by atoms with Crippen LogP contribution in [0.25, 0.3) is 0 Å². The SMILES string of the molecule is CCC(CC)C1CCN(C(=NC)NCc2ccc(S(=O)(=O)NC)cc2)C1.I. The van der Waals surface area contributed by atoms with Crippen molar-refractivity contribution < 1.29 is 8.42 Å². The Kier molecular flexibility index (Phi) is 10.0. The molecular formula is C19H33IN4O2S. The van der Waals surface area contributed by atoms with Crippen molar-refractivity contribution in [3.05, 3.63) is 29.8 Å². The molecular weight excluding hydrogens is 475 g/mol. The fraction of sp³-hybridized carbons (Fsp3) is 0.632. The lowest BCUT2D eigenvalue weighted by Crippen LogP contribution is -2.40. The number of nitrogens with zero attached hydrogens (tertiary/aromatic N) is 2. The van der Waals surface area contributed by atoms with Crippen molar-refractivity contribution in [3.63, 3.8) is 0 Å². The lowest BCUT2D eigenvalue weighted by molar-refractivity contribution is 0.319. The van der Waals surface area contributed by atoms with Gasteiger partial charge in [-0.3, -0.25) is 4.99 Å². The summed E-state index contributed by atoms with van der Waals surface area (Å²) in [7, 11) is -0.155. The third-order valence-corrected chi connectivity index (χ3v) is 6.83. The molecule has 0 spiro atoms. The van der Waals surface area contributed by atoms with Crippen molar-refractivity contribution in [1.29, 1.82) is 0 Å². The molecule has 1 aliphatic rings. The normalized spacial score (nSPS) is 17.9. The van der Waals surface area contributed by atoms with E-state index in [-0.39, 0.29) is 28.9 Å². The maximum atomic E-state index is 11.8. The number of benzene rings is 1. The van der Waals surface area contributed by atoms with Gasteiger partial charge >= 0.3 is 0 Å². The molecule has 0 aliphatic carbocycles. The Morgan fingerprint density at radius 3 is 2.41 bits per heavy atom. The topological polar surface area (TPSA) is 73.8 Å². The van der Waals surface area contributed by atoms with E-state index >= 15 is 0 Å². The average Bonchev–Trinajstić information content (AvgIpc) is 3.13. The van der Waals surface area contributed by atoms with E-state index in [1.54, 1.807) is 12.1 Å². The van der Waals surface area contributed by atoms with Crippen LogP contribution >= 0.6 is 24.0 Å². The Balaban J connectivity index is 0.00000364. The molecule has 1 heterocycles. The van der Waals surface area contributed by atoms with Crippen LogP contribution in [0, 0.1) is 11.8 Å². The first kappa shape index (κ1) is 24.2. The van der Waals surface area contributed by atoms with Gasteiger partial charge in [-0.25, -0.2) is 13.1 Å². The highest BCUT2D eigenvalue weighted by Crippen LogP contribution is 2.28. The van der Waals surface area contributed by atoms with Crippen LogP contribution in [0.1, 0.15) is 38.7 Å². The zero-order valence-corrected chi connectivity index (χ0v) is 19.9. The number of rotatable bonds is 7. The molecule has 0 aromatic heterocycles. The summed E-state index contributed by atoms with van der Waals surface area (Å²) in [4.78, 5) is 7.04. The Labute approximate surface area is 181 Å². The highest BCUT2D eigenvalue weighted by Gasteiger charge is 2.29. The van der Waals surface area contributed by atoms with Crippen molar-refractivity contribution in [3.8, 4) is 0 Å². The molecule has 0 amide bonds. The first-order valence-corrected chi connectivity index (χ1v) is 10.9. The summed E-state index contributed by atoms with van der Waals surface area (Å²) in [5.41, 5.74) is 1.02. The van der Waals surface area contributed by atoms with Crippen LogP contribution in [0.4, 0.5) is 0 Å². The Morgan fingerprint density at radius 2 is 1.89 bits per heavy atom. The third-order valence-electron chi connectivity index (χ3n) is 5.40. The second-order valence-corrected chi connectivity index (χ2v) is 8.71. The molecule has 1 atom stereocenters. The monoisotopic (exact) mass is 508 g/mol. The molecule has 0 saturated carbocycles. The van der Waals surface area contributed by atoms with Crippen molar-refractivity contribution >= 4 is 40.0 Å². The van der Waals surface area contributed by atoms with Crippen LogP contribution in [0.3, 0.4) is 0 Å². The molecule has 6 nitrogen and oxygen atoms in total. The van der Waals surface area contributed by atoms with Crippen LogP contribution in [0.2, 0.25) is 0 Å². The number of hydrogen-bond donors (Lipinski definition) is 2. The molecule has 1 saturated heterocycles. The fourth-order valence-electron chi connectivity index (χ4n) is 3.74. The van der Waals surface area contributed by atoms with E-state index in [2.05, 4.69) is 33.8 Å². The molecule has 27 heavy (non-hydrogen) atoms. The molecule has 0 radical (unpaired) electrons. The maximum Gasteiger partial charge on any atom is 0.240 e. The summed E-state index contributed by atoms with van der Waals surface area (Å²) in [6.45, 7) is 7.29. The van der Waals surface area contributed by atoms with Crippen LogP contribution in [-0.4, -0.2) is 46.5 Å². The van der Waals surface area contributed by atoms with E-state index in [4.69, 9.17) is 0 Å². The van der Waals surface area contributed by atoms with Gasteiger partial charge in [0.25, 0.3) is 0 Å². The summed E-state index contributed by atoms with van der Waals surface area (Å²) in [5.74, 6) is 2.46. The molecule has 0 bridgehead atoms. The van der Waals surface area contributed by atoms with Gasteiger partial charge < -0.3 is 10.2 Å². The zero-order chi connectivity index (χ0) is 19.2. The number of hydrogen-bond acceptors (Lipinski definition) is 3. The van der Waals surface area contributed by atoms with E-state index in [9.17, 15) is 8.42 Å². The molecule has 1 unspecified atom stereocenters. The van der Waals surface area contributed by atoms with Crippen molar-refractivity contribution in [2.75, 3.05) is 27.2 Å². The molecule has 2 rings (SSSR count). The van der Waals surface area contributed by atoms with Gasteiger partial charge in [0.2, 0.25) is 10.0 Å². The van der Waals surface area contributed by atoms with Crippen molar-refractivity contribution in [2.45, 2.75) is 44.6 Å². The first-order valence-electron chi connectivity index (χ1n) is 9.43. The van der Waals surface area contributed by atoms with E-state index in [1.165, 1.54) is 26.3 Å². The highest BCUT2D eigenvalue weighted by molar-refractivity contribution is 14.0. The quantitative estimate of drug-likeness (QED) is 0.338. The minimum absolute atomic E-state index is 0. The second-order valence-electron chi connectivity index (χ2n) is 6.82. The van der Waals surface area contributed by atoms with Gasteiger partial charge in [0.05, 0.1) is 4.90 Å². The largest absolute Gasteiger partial charge is 0.352 e. The molecule has 1 fully saturated rings. The number of likely N-dealkylation sites (tertiary alicyclic amines) is 1. The van der Waals surface area contributed by atoms with Gasteiger partial charge in [-0.15, -0.1) is 24.0 Å². The summed E-state index contributed by atoms with van der Waals surface area (Å²) in [6.07, 6.45) is 3.70. The van der Waals surface area contributed by atoms with Crippen LogP contribution in [0.15, 0.2) is 34.2 Å². The van der Waals surface area contributed by atoms with Gasteiger partial charge in [-0.1, -0.05) is 38.8 Å². The first-order chi connectivity index (χ1) is 12.4. The molecule has 8 heteroatoms. The second kappa shape index (κ2) is 11.2.